The highest BCUT2D eigenvalue weighted by Gasteiger charge is 2.20. The van der Waals surface area contributed by atoms with Gasteiger partial charge >= 0.3 is 12.9 Å². The molecule has 0 saturated carbocycles. The van der Waals surface area contributed by atoms with E-state index in [1.165, 1.54) is 0 Å². The summed E-state index contributed by atoms with van der Waals surface area (Å²) in [5, 5.41) is 8.15. The SMILES string of the molecule is F[B-](F)(F)F.N#[N+]c1cc(F)cnc1Cl. The zero-order chi connectivity index (χ0) is 12.1. The van der Waals surface area contributed by atoms with Gasteiger partial charge in [0.2, 0.25) is 10.5 Å². The number of hydrogen-bond acceptors (Lipinski definition) is 2. The van der Waals surface area contributed by atoms with Crippen LogP contribution in [0.3, 0.4) is 0 Å². The fourth-order valence-electron chi connectivity index (χ4n) is 0.482. The Morgan fingerprint density at radius 3 is 2.13 bits per heavy atom. The van der Waals surface area contributed by atoms with Crippen molar-refractivity contribution in [3.63, 3.8) is 0 Å². The van der Waals surface area contributed by atoms with E-state index >= 15 is 0 Å². The van der Waals surface area contributed by atoms with Gasteiger partial charge in [-0.3, -0.25) is 0 Å². The van der Waals surface area contributed by atoms with Crippen molar-refractivity contribution in [2.75, 3.05) is 0 Å². The lowest BCUT2D eigenvalue weighted by molar-refractivity contribution is 0.368. The van der Waals surface area contributed by atoms with E-state index in [9.17, 15) is 21.7 Å². The minimum absolute atomic E-state index is 0.0242. The first-order valence-electron chi connectivity index (χ1n) is 3.27. The van der Waals surface area contributed by atoms with Gasteiger partial charge in [0.1, 0.15) is 5.82 Å². The largest absolute Gasteiger partial charge is 0.673 e. The van der Waals surface area contributed by atoms with Crippen molar-refractivity contribution in [1.29, 1.82) is 5.39 Å². The van der Waals surface area contributed by atoms with Gasteiger partial charge in [0.25, 0.3) is 0 Å². The van der Waals surface area contributed by atoms with E-state index in [4.69, 9.17) is 17.0 Å². The van der Waals surface area contributed by atoms with Gasteiger partial charge in [0.05, 0.1) is 12.3 Å². The van der Waals surface area contributed by atoms with E-state index in [1.807, 2.05) is 0 Å². The van der Waals surface area contributed by atoms with Crippen LogP contribution >= 0.6 is 11.6 Å². The molecule has 1 aromatic rings. The summed E-state index contributed by atoms with van der Waals surface area (Å²) in [6.07, 6.45) is 0.941. The molecule has 1 heterocycles. The Hall–Kier alpha value is -1.43. The minimum atomic E-state index is -6.00. The summed E-state index contributed by atoms with van der Waals surface area (Å²) < 4.78 is 51.2. The van der Waals surface area contributed by atoms with E-state index in [1.54, 1.807) is 0 Å². The number of halogens is 6. The van der Waals surface area contributed by atoms with Gasteiger partial charge in [-0.25, -0.2) is 9.37 Å². The molecule has 0 aliphatic carbocycles. The van der Waals surface area contributed by atoms with Crippen molar-refractivity contribution in [3.8, 4) is 0 Å². The third kappa shape index (κ3) is 7.63. The monoisotopic (exact) mass is 245 g/mol. The Morgan fingerprint density at radius 1 is 1.33 bits per heavy atom. The van der Waals surface area contributed by atoms with E-state index in [0.717, 1.165) is 12.3 Å². The van der Waals surface area contributed by atoms with Crippen molar-refractivity contribution < 1.29 is 21.7 Å². The van der Waals surface area contributed by atoms with E-state index < -0.39 is 13.1 Å². The first kappa shape index (κ1) is 13.6. The van der Waals surface area contributed by atoms with Gasteiger partial charge in [-0.2, -0.15) is 0 Å². The number of diazo groups is 1. The Balaban J connectivity index is 0.000000336. The summed E-state index contributed by atoms with van der Waals surface area (Å²) in [5.74, 6) is -0.586. The highest BCUT2D eigenvalue weighted by atomic mass is 35.5. The lowest BCUT2D eigenvalue weighted by Gasteiger charge is -1.94. The average molecular weight is 245 g/mol. The normalized spacial score (nSPS) is 9.93. The molecule has 0 N–H and O–H groups in total. The van der Waals surface area contributed by atoms with Crippen LogP contribution in [0.4, 0.5) is 27.3 Å². The first-order valence-corrected chi connectivity index (χ1v) is 3.65. The van der Waals surface area contributed by atoms with Crippen LogP contribution in [0.1, 0.15) is 0 Å². The second-order valence-electron chi connectivity index (χ2n) is 2.06. The van der Waals surface area contributed by atoms with E-state index in [-0.39, 0.29) is 10.8 Å². The third-order valence-corrected chi connectivity index (χ3v) is 1.19. The third-order valence-electron chi connectivity index (χ3n) is 0.895. The molecule has 82 valence electrons. The predicted octanol–water partition coefficient (Wildman–Crippen LogP) is 3.66. The standard InChI is InChI=1S/C5H2ClFN3.BF4/c6-5-4(10-8)1-3(7)2-9-5;2-1(3,4)5/h1-2H;/q+1;-1. The topological polar surface area (TPSA) is 41.0 Å². The molecule has 1 rings (SSSR count). The number of hydrogen-bond donors (Lipinski definition) is 0. The number of pyridine rings is 1. The van der Waals surface area contributed by atoms with Gasteiger partial charge in [0.15, 0.2) is 4.98 Å². The second kappa shape index (κ2) is 5.45. The first-order chi connectivity index (χ1) is 6.74. The molecule has 0 aromatic carbocycles. The smallest absolute Gasteiger partial charge is 0.418 e. The molecule has 3 nitrogen and oxygen atoms in total. The molecule has 15 heavy (non-hydrogen) atoms. The van der Waals surface area contributed by atoms with Crippen molar-refractivity contribution in [2.45, 2.75) is 0 Å². The van der Waals surface area contributed by atoms with Crippen LogP contribution in [0.25, 0.3) is 4.98 Å². The maximum atomic E-state index is 12.2. The molecule has 0 atom stereocenters. The fraction of sp³-hybridized carbons (Fsp3) is 0. The molecule has 1 aromatic heterocycles. The zero-order valence-corrected chi connectivity index (χ0v) is 7.60. The van der Waals surface area contributed by atoms with Gasteiger partial charge < -0.3 is 17.3 Å². The molecule has 0 aliphatic rings. The average Bonchev–Trinajstić information content (AvgIpc) is 2.06. The molecule has 0 spiro atoms. The highest BCUT2D eigenvalue weighted by Crippen LogP contribution is 2.21. The van der Waals surface area contributed by atoms with E-state index in [0.29, 0.717) is 0 Å². The molecular weight excluding hydrogens is 243 g/mol. The van der Waals surface area contributed by atoms with E-state index in [2.05, 4.69) is 9.96 Å². The Labute approximate surface area is 85.6 Å². The maximum Gasteiger partial charge on any atom is 0.673 e. The summed E-state index contributed by atoms with van der Waals surface area (Å²) in [6.45, 7) is 0. The zero-order valence-electron chi connectivity index (χ0n) is 6.84. The predicted molar refractivity (Wildman–Crippen MR) is 44.1 cm³/mol. The Bertz CT molecular complexity index is 370. The number of rotatable bonds is 0. The highest BCUT2D eigenvalue weighted by molar-refractivity contribution is 6.50. The maximum absolute atomic E-state index is 12.2. The summed E-state index contributed by atoms with van der Waals surface area (Å²) in [7, 11) is -6.00. The minimum Gasteiger partial charge on any atom is -0.418 e. The summed E-state index contributed by atoms with van der Waals surface area (Å²) in [5.41, 5.74) is -0.0679. The van der Waals surface area contributed by atoms with Crippen LogP contribution in [-0.2, 0) is 0 Å². The Morgan fingerprint density at radius 2 is 1.80 bits per heavy atom. The number of aromatic nitrogens is 1. The van der Waals surface area contributed by atoms with Crippen molar-refractivity contribution in [3.05, 3.63) is 28.2 Å². The quantitative estimate of drug-likeness (QED) is 0.303. The van der Waals surface area contributed by atoms with Crippen LogP contribution in [0.15, 0.2) is 12.3 Å². The molecule has 0 saturated heterocycles. The van der Waals surface area contributed by atoms with Crippen LogP contribution in [0.2, 0.25) is 5.15 Å². The molecule has 0 bridgehead atoms. The molecule has 0 amide bonds. The lowest BCUT2D eigenvalue weighted by atomic mass is 10.3. The van der Waals surface area contributed by atoms with Gasteiger partial charge in [-0.1, -0.05) is 11.6 Å². The molecule has 0 unspecified atom stereocenters. The summed E-state index contributed by atoms with van der Waals surface area (Å²) in [6, 6.07) is 0.981. The lowest BCUT2D eigenvalue weighted by Crippen LogP contribution is -2.02. The van der Waals surface area contributed by atoms with Crippen LogP contribution < -0.4 is 0 Å². The van der Waals surface area contributed by atoms with Crippen molar-refractivity contribution in [2.24, 2.45) is 0 Å². The molecular formula is C5H2BClF5N3. The van der Waals surface area contributed by atoms with Crippen molar-refractivity contribution >= 4 is 24.5 Å². The van der Waals surface area contributed by atoms with Gasteiger partial charge in [0, 0.05) is 0 Å². The molecule has 10 heteroatoms. The van der Waals surface area contributed by atoms with Gasteiger partial charge in [-0.15, -0.1) is 0 Å². The molecule has 0 aliphatic heterocycles. The summed E-state index contributed by atoms with van der Waals surface area (Å²) in [4.78, 5) is 6.08. The van der Waals surface area contributed by atoms with Gasteiger partial charge in [-0.05, 0) is 0 Å². The van der Waals surface area contributed by atoms with Crippen LogP contribution in [0, 0.1) is 11.2 Å². The molecule has 0 fully saturated rings. The van der Waals surface area contributed by atoms with Crippen LogP contribution in [0.5, 0.6) is 0 Å². The second-order valence-corrected chi connectivity index (χ2v) is 2.42. The number of nitrogens with zero attached hydrogens (tertiary/aromatic N) is 3. The van der Waals surface area contributed by atoms with Crippen LogP contribution in [-0.4, -0.2) is 12.2 Å². The van der Waals surface area contributed by atoms with Crippen molar-refractivity contribution in [1.82, 2.24) is 4.98 Å². The molecule has 0 radical (unpaired) electrons. The summed E-state index contributed by atoms with van der Waals surface area (Å²) >= 11 is 5.36. The fourth-order valence-corrected chi connectivity index (χ4v) is 0.623. The Kier molecular flexibility index (Phi) is 4.94.